The van der Waals surface area contributed by atoms with Crippen LogP contribution in [0.5, 0.6) is 0 Å². The van der Waals surface area contributed by atoms with Gasteiger partial charge in [-0.3, -0.25) is 0 Å². The van der Waals surface area contributed by atoms with Crippen LogP contribution in [0.25, 0.3) is 146 Å². The van der Waals surface area contributed by atoms with E-state index in [-0.39, 0.29) is 0 Å². The first-order valence-corrected chi connectivity index (χ1v) is 38.5. The molecule has 20 aromatic carbocycles. The van der Waals surface area contributed by atoms with Crippen molar-refractivity contribution < 1.29 is 0 Å². The molecule has 0 nitrogen and oxygen atoms in total. The van der Waals surface area contributed by atoms with E-state index in [1.165, 1.54) is 218 Å². The lowest BCUT2D eigenvalue weighted by Gasteiger charge is -2.13. The molecular formula is C109H94. The lowest BCUT2D eigenvalue weighted by atomic mass is 9.91. The van der Waals surface area contributed by atoms with Crippen molar-refractivity contribution in [2.75, 3.05) is 0 Å². The van der Waals surface area contributed by atoms with Crippen molar-refractivity contribution >= 4 is 146 Å². The minimum atomic E-state index is 1.08. The third-order valence-corrected chi connectivity index (χ3v) is 22.7. The quantitative estimate of drug-likeness (QED) is 0.105. The van der Waals surface area contributed by atoms with E-state index in [1.807, 2.05) is 0 Å². The molecule has 0 heteroatoms. The smallest absolute Gasteiger partial charge is 0.00735 e. The van der Waals surface area contributed by atoms with Crippen LogP contribution in [0.15, 0.2) is 334 Å². The maximum atomic E-state index is 2.30. The van der Waals surface area contributed by atoms with Gasteiger partial charge >= 0.3 is 0 Å². The second-order valence-electron chi connectivity index (χ2n) is 29.9. The molecule has 0 aliphatic heterocycles. The van der Waals surface area contributed by atoms with Gasteiger partial charge in [-0.25, -0.2) is 0 Å². The number of benzene rings is 20. The van der Waals surface area contributed by atoms with Gasteiger partial charge in [-0.1, -0.05) is 333 Å². The predicted octanol–water partition coefficient (Wildman–Crippen LogP) is 31.1. The van der Waals surface area contributed by atoms with E-state index in [9.17, 15) is 0 Å². The molecular weight excluding hydrogens is 1310 g/mol. The second kappa shape index (κ2) is 31.5. The van der Waals surface area contributed by atoms with Crippen molar-refractivity contribution in [1.82, 2.24) is 0 Å². The molecule has 0 amide bonds. The summed E-state index contributed by atoms with van der Waals surface area (Å²) in [5.74, 6) is 0. The number of hydrogen-bond donors (Lipinski definition) is 0. The van der Waals surface area contributed by atoms with Gasteiger partial charge in [0.1, 0.15) is 0 Å². The van der Waals surface area contributed by atoms with E-state index >= 15 is 0 Å². The van der Waals surface area contributed by atoms with E-state index in [1.54, 1.807) is 0 Å². The van der Waals surface area contributed by atoms with Gasteiger partial charge in [-0.15, -0.1) is 0 Å². The van der Waals surface area contributed by atoms with Crippen LogP contribution in [0.1, 0.15) is 77.9 Å². The molecule has 20 aromatic rings. The summed E-state index contributed by atoms with van der Waals surface area (Å²) in [6.07, 6.45) is 5.55. The maximum Gasteiger partial charge on any atom is -0.00735 e. The van der Waals surface area contributed by atoms with Crippen molar-refractivity contribution in [2.45, 2.75) is 89.5 Å². The van der Waals surface area contributed by atoms with Crippen molar-refractivity contribution in [3.63, 3.8) is 0 Å². The molecule has 0 saturated heterocycles. The van der Waals surface area contributed by atoms with Crippen LogP contribution in [-0.4, -0.2) is 0 Å². The van der Waals surface area contributed by atoms with E-state index in [4.69, 9.17) is 0 Å². The summed E-state index contributed by atoms with van der Waals surface area (Å²) in [6.45, 7) is 26.2. The Kier molecular flexibility index (Phi) is 20.9. The molecule has 530 valence electrons. The summed E-state index contributed by atoms with van der Waals surface area (Å²) < 4.78 is 0. The van der Waals surface area contributed by atoms with Gasteiger partial charge in [0.25, 0.3) is 0 Å². The summed E-state index contributed by atoms with van der Waals surface area (Å²) in [4.78, 5) is 0. The van der Waals surface area contributed by atoms with E-state index < -0.39 is 0 Å². The SMILES string of the molecule is Cc1c2ccccc2c(C)c2ccccc12.Cc1cc2ccccc2c2ccccc12.Cc1ccc(C)c2c1ccc1ccccc12.Cc1ccc(C)c2c1ccc1ccccc12.Cc1ccc(C)c2cc3ccccc3cc12.Cc1ccc2c(c1)cc(C)c1ccccc12.Cc1ccc2c3c(cccc13)CC=C2. The van der Waals surface area contributed by atoms with Gasteiger partial charge in [0.2, 0.25) is 0 Å². The standard InChI is InChI=1S/5C16H14.C15H12.C14H12/c1-11-13-7-3-5-9-15(13)12(2)16-10-6-4-8-14(11)16;1-11-7-8-12(2)16-10-14-6-4-3-5-13(14)9-15(11)16;1-11-7-8-15-13(9-11)10-12(2)14-5-3-4-6-16(14)15;2*1-11-7-8-12(2)16-14(11)10-9-13-5-3-4-6-15(13)16;1-11-10-12-6-2-3-8-14(12)15-9-5-4-7-13(11)15;1-10-8-9-12-5-2-4-11-6-3-7-13(10)14(11)12/h5*3-10H,1-2H3;2-10H,1H3;2-3,5-9H,4H2,1H3. The number of fused-ring (bicyclic) bond motifs is 16. The average Bonchev–Trinajstić information content (AvgIpc) is 0.838. The maximum absolute atomic E-state index is 2.30. The van der Waals surface area contributed by atoms with Gasteiger partial charge in [0.15, 0.2) is 0 Å². The van der Waals surface area contributed by atoms with Crippen LogP contribution in [-0.2, 0) is 6.42 Å². The fourth-order valence-corrected chi connectivity index (χ4v) is 16.7. The molecule has 0 saturated carbocycles. The predicted molar refractivity (Wildman–Crippen MR) is 482 cm³/mol. The Morgan fingerprint density at radius 1 is 0.174 bits per heavy atom. The number of rotatable bonds is 0. The molecule has 0 fully saturated rings. The van der Waals surface area contributed by atoms with Crippen LogP contribution in [0.2, 0.25) is 0 Å². The van der Waals surface area contributed by atoms with Gasteiger partial charge < -0.3 is 0 Å². The topological polar surface area (TPSA) is 0 Å². The summed E-state index contributed by atoms with van der Waals surface area (Å²) in [5.41, 5.74) is 19.1. The van der Waals surface area contributed by atoms with Crippen LogP contribution in [0.3, 0.4) is 0 Å². The Bertz CT molecular complexity index is 6560. The zero-order valence-electron chi connectivity index (χ0n) is 65.0. The average molecular weight is 1400 g/mol. The summed E-state index contributed by atoms with van der Waals surface area (Å²) in [6, 6.07) is 118. The third kappa shape index (κ3) is 14.7. The van der Waals surface area contributed by atoms with Gasteiger partial charge in [0.05, 0.1) is 0 Å². The molecule has 0 spiro atoms. The van der Waals surface area contributed by atoms with Crippen LogP contribution >= 0.6 is 0 Å². The lowest BCUT2D eigenvalue weighted by Crippen LogP contribution is -1.93. The molecule has 0 bridgehead atoms. The highest BCUT2D eigenvalue weighted by molar-refractivity contribution is 6.13. The Morgan fingerprint density at radius 3 is 0.972 bits per heavy atom. The Morgan fingerprint density at radius 2 is 0.505 bits per heavy atom. The Hall–Kier alpha value is -12.5. The molecule has 1 aliphatic rings. The summed E-state index contributed by atoms with van der Waals surface area (Å²) >= 11 is 0. The fraction of sp³-hybridized carbons (Fsp3) is 0.119. The van der Waals surface area contributed by atoms with Crippen molar-refractivity contribution in [2.24, 2.45) is 0 Å². The third-order valence-electron chi connectivity index (χ3n) is 22.7. The highest BCUT2D eigenvalue weighted by atomic mass is 14.2. The van der Waals surface area contributed by atoms with E-state index in [0.29, 0.717) is 0 Å². The second-order valence-corrected chi connectivity index (χ2v) is 29.9. The normalized spacial score (nSPS) is 11.4. The summed E-state index contributed by atoms with van der Waals surface area (Å²) in [7, 11) is 0. The van der Waals surface area contributed by atoms with E-state index in [0.717, 1.165) is 6.42 Å². The van der Waals surface area contributed by atoms with Crippen molar-refractivity contribution in [3.05, 3.63) is 412 Å². The first-order valence-electron chi connectivity index (χ1n) is 38.5. The zero-order valence-corrected chi connectivity index (χ0v) is 65.0. The van der Waals surface area contributed by atoms with Crippen LogP contribution in [0, 0.1) is 83.1 Å². The van der Waals surface area contributed by atoms with E-state index in [2.05, 4.69) is 423 Å². The fourth-order valence-electron chi connectivity index (χ4n) is 16.7. The zero-order chi connectivity index (χ0) is 75.4. The highest BCUT2D eigenvalue weighted by Crippen LogP contribution is 2.37. The summed E-state index contributed by atoms with van der Waals surface area (Å²) in [5, 5.41) is 35.5. The molecule has 0 aromatic heterocycles. The molecule has 109 heavy (non-hydrogen) atoms. The minimum Gasteiger partial charge on any atom is -0.0795 e. The molecule has 0 unspecified atom stereocenters. The number of hydrogen-bond acceptors (Lipinski definition) is 0. The highest BCUT2D eigenvalue weighted by Gasteiger charge is 2.13. The number of aryl methyl sites for hydroxylation is 12. The minimum absolute atomic E-state index is 1.08. The molecule has 0 heterocycles. The Balaban J connectivity index is 0.000000101. The van der Waals surface area contributed by atoms with Gasteiger partial charge in [-0.2, -0.15) is 0 Å². The van der Waals surface area contributed by atoms with Gasteiger partial charge in [-0.05, 0) is 314 Å². The molecule has 1 aliphatic carbocycles. The molecule has 0 atom stereocenters. The monoisotopic (exact) mass is 1400 g/mol. The molecule has 0 radical (unpaired) electrons. The van der Waals surface area contributed by atoms with Crippen LogP contribution < -0.4 is 0 Å². The largest absolute Gasteiger partial charge is 0.0795 e. The van der Waals surface area contributed by atoms with Crippen LogP contribution in [0.4, 0.5) is 0 Å². The Labute approximate surface area is 642 Å². The first-order chi connectivity index (χ1) is 53.1. The van der Waals surface area contributed by atoms with Gasteiger partial charge in [0, 0.05) is 0 Å². The van der Waals surface area contributed by atoms with Crippen molar-refractivity contribution in [3.8, 4) is 0 Å². The van der Waals surface area contributed by atoms with Crippen molar-refractivity contribution in [1.29, 1.82) is 0 Å². The lowest BCUT2D eigenvalue weighted by molar-refractivity contribution is 1.29. The first kappa shape index (κ1) is 72.1. The molecule has 0 N–H and O–H groups in total. The molecule has 21 rings (SSSR count). The number of allylic oxidation sites excluding steroid dienone is 1.